The molecule has 2 nitrogen and oxygen atoms in total. The van der Waals surface area contributed by atoms with Crippen LogP contribution in [-0.4, -0.2) is 49.6 Å². The smallest absolute Gasteiger partial charge is 0.0110 e. The highest BCUT2D eigenvalue weighted by Gasteiger charge is 2.36. The zero-order valence-electron chi connectivity index (χ0n) is 9.76. The molecule has 0 aromatic heterocycles. The second-order valence-electron chi connectivity index (χ2n) is 5.29. The van der Waals surface area contributed by atoms with E-state index in [1.54, 1.807) is 0 Å². The summed E-state index contributed by atoms with van der Waals surface area (Å²) in [6.07, 6.45) is 5.83. The van der Waals surface area contributed by atoms with Crippen molar-refractivity contribution in [2.45, 2.75) is 32.6 Å². The van der Waals surface area contributed by atoms with Gasteiger partial charge in [0.05, 0.1) is 0 Å². The van der Waals surface area contributed by atoms with Gasteiger partial charge in [0.2, 0.25) is 0 Å². The van der Waals surface area contributed by atoms with Crippen molar-refractivity contribution in [3.8, 4) is 0 Å². The van der Waals surface area contributed by atoms with Crippen molar-refractivity contribution in [1.29, 1.82) is 0 Å². The second kappa shape index (κ2) is 4.19. The SMILES string of the molecule is CCC1(CN2CCN(C)CC2)CCC1. The fourth-order valence-corrected chi connectivity index (χ4v) is 2.78. The molecule has 0 N–H and O–H groups in total. The van der Waals surface area contributed by atoms with E-state index in [1.165, 1.54) is 58.4 Å². The number of piperazine rings is 1. The molecule has 1 heterocycles. The highest BCUT2D eigenvalue weighted by atomic mass is 15.2. The molecule has 0 aromatic carbocycles. The molecule has 0 atom stereocenters. The normalized spacial score (nSPS) is 28.7. The van der Waals surface area contributed by atoms with E-state index in [4.69, 9.17) is 0 Å². The van der Waals surface area contributed by atoms with E-state index in [1.807, 2.05) is 0 Å². The molecular formula is C12H24N2. The number of rotatable bonds is 3. The molecule has 2 heteroatoms. The number of likely N-dealkylation sites (N-methyl/N-ethyl adjacent to an activating group) is 1. The van der Waals surface area contributed by atoms with Crippen LogP contribution >= 0.6 is 0 Å². The molecule has 2 rings (SSSR count). The first-order valence-electron chi connectivity index (χ1n) is 6.15. The van der Waals surface area contributed by atoms with E-state index in [-0.39, 0.29) is 0 Å². The maximum atomic E-state index is 2.68. The number of nitrogens with zero attached hydrogens (tertiary/aromatic N) is 2. The predicted molar refractivity (Wildman–Crippen MR) is 60.5 cm³/mol. The highest BCUT2D eigenvalue weighted by molar-refractivity contribution is 4.90. The van der Waals surface area contributed by atoms with Gasteiger partial charge in [0.1, 0.15) is 0 Å². The molecule has 1 saturated heterocycles. The van der Waals surface area contributed by atoms with Gasteiger partial charge in [-0.05, 0) is 31.7 Å². The van der Waals surface area contributed by atoms with Crippen molar-refractivity contribution in [2.24, 2.45) is 5.41 Å². The highest BCUT2D eigenvalue weighted by Crippen LogP contribution is 2.44. The monoisotopic (exact) mass is 196 g/mol. The molecule has 2 fully saturated rings. The Labute approximate surface area is 88.3 Å². The molecule has 0 aromatic rings. The van der Waals surface area contributed by atoms with E-state index in [0.29, 0.717) is 0 Å². The third kappa shape index (κ3) is 2.12. The Balaban J connectivity index is 1.79. The predicted octanol–water partition coefficient (Wildman–Crippen LogP) is 1.81. The summed E-state index contributed by atoms with van der Waals surface area (Å²) in [6, 6.07) is 0. The van der Waals surface area contributed by atoms with Gasteiger partial charge in [-0.25, -0.2) is 0 Å². The Bertz CT molecular complexity index is 173. The van der Waals surface area contributed by atoms with Gasteiger partial charge >= 0.3 is 0 Å². The Hall–Kier alpha value is -0.0800. The molecule has 1 aliphatic carbocycles. The van der Waals surface area contributed by atoms with Crippen LogP contribution < -0.4 is 0 Å². The topological polar surface area (TPSA) is 6.48 Å². The van der Waals surface area contributed by atoms with E-state index in [2.05, 4.69) is 23.8 Å². The summed E-state index contributed by atoms with van der Waals surface area (Å²) >= 11 is 0. The average molecular weight is 196 g/mol. The third-order valence-electron chi connectivity index (χ3n) is 4.32. The lowest BCUT2D eigenvalue weighted by atomic mass is 9.66. The average Bonchev–Trinajstić information content (AvgIpc) is 2.15. The lowest BCUT2D eigenvalue weighted by molar-refractivity contribution is 0.0397. The van der Waals surface area contributed by atoms with E-state index >= 15 is 0 Å². The maximum Gasteiger partial charge on any atom is 0.0110 e. The molecule has 2 aliphatic rings. The molecule has 0 spiro atoms. The van der Waals surface area contributed by atoms with Crippen molar-refractivity contribution in [2.75, 3.05) is 39.8 Å². The zero-order valence-corrected chi connectivity index (χ0v) is 9.76. The number of hydrogen-bond acceptors (Lipinski definition) is 2. The molecule has 1 aliphatic heterocycles. The summed E-state index contributed by atoms with van der Waals surface area (Å²) in [5.41, 5.74) is 0.718. The minimum atomic E-state index is 0.718. The molecule has 14 heavy (non-hydrogen) atoms. The molecule has 0 bridgehead atoms. The van der Waals surface area contributed by atoms with Crippen LogP contribution in [0, 0.1) is 5.41 Å². The Morgan fingerprint density at radius 2 is 1.71 bits per heavy atom. The fourth-order valence-electron chi connectivity index (χ4n) is 2.78. The van der Waals surface area contributed by atoms with Gasteiger partial charge in [0.25, 0.3) is 0 Å². The summed E-state index contributed by atoms with van der Waals surface area (Å²) in [5.74, 6) is 0. The van der Waals surface area contributed by atoms with E-state index < -0.39 is 0 Å². The molecule has 0 amide bonds. The van der Waals surface area contributed by atoms with Crippen LogP contribution in [0.3, 0.4) is 0 Å². The lowest BCUT2D eigenvalue weighted by Crippen LogP contribution is -2.50. The van der Waals surface area contributed by atoms with Crippen LogP contribution in [0.1, 0.15) is 32.6 Å². The molecule has 82 valence electrons. The molecule has 1 saturated carbocycles. The summed E-state index contributed by atoms with van der Waals surface area (Å²) in [7, 11) is 2.23. The van der Waals surface area contributed by atoms with Gasteiger partial charge in [-0.2, -0.15) is 0 Å². The van der Waals surface area contributed by atoms with Gasteiger partial charge in [0.15, 0.2) is 0 Å². The Morgan fingerprint density at radius 3 is 2.14 bits per heavy atom. The summed E-state index contributed by atoms with van der Waals surface area (Å²) in [5, 5.41) is 0. The van der Waals surface area contributed by atoms with Gasteiger partial charge < -0.3 is 9.80 Å². The van der Waals surface area contributed by atoms with Crippen LogP contribution in [0.2, 0.25) is 0 Å². The molecule has 0 radical (unpaired) electrons. The first kappa shape index (κ1) is 10.4. The summed E-state index contributed by atoms with van der Waals surface area (Å²) < 4.78 is 0. The first-order valence-corrected chi connectivity index (χ1v) is 6.15. The van der Waals surface area contributed by atoms with Crippen LogP contribution in [0.15, 0.2) is 0 Å². The largest absolute Gasteiger partial charge is 0.304 e. The summed E-state index contributed by atoms with van der Waals surface area (Å²) in [4.78, 5) is 5.12. The quantitative estimate of drug-likeness (QED) is 0.679. The van der Waals surface area contributed by atoms with Crippen LogP contribution in [-0.2, 0) is 0 Å². The van der Waals surface area contributed by atoms with Gasteiger partial charge in [-0.3, -0.25) is 0 Å². The maximum absolute atomic E-state index is 2.68. The van der Waals surface area contributed by atoms with Crippen molar-refractivity contribution in [3.63, 3.8) is 0 Å². The third-order valence-corrected chi connectivity index (χ3v) is 4.32. The van der Waals surface area contributed by atoms with Crippen molar-refractivity contribution in [1.82, 2.24) is 9.80 Å². The van der Waals surface area contributed by atoms with E-state index in [9.17, 15) is 0 Å². The van der Waals surface area contributed by atoms with Crippen LogP contribution in [0.4, 0.5) is 0 Å². The van der Waals surface area contributed by atoms with Crippen LogP contribution in [0.5, 0.6) is 0 Å². The second-order valence-corrected chi connectivity index (χ2v) is 5.29. The number of hydrogen-bond donors (Lipinski definition) is 0. The minimum Gasteiger partial charge on any atom is -0.304 e. The molecule has 0 unspecified atom stereocenters. The van der Waals surface area contributed by atoms with Crippen LogP contribution in [0.25, 0.3) is 0 Å². The lowest BCUT2D eigenvalue weighted by Gasteiger charge is -2.46. The van der Waals surface area contributed by atoms with Crippen molar-refractivity contribution >= 4 is 0 Å². The van der Waals surface area contributed by atoms with Gasteiger partial charge in [-0.15, -0.1) is 0 Å². The Morgan fingerprint density at radius 1 is 1.07 bits per heavy atom. The summed E-state index contributed by atoms with van der Waals surface area (Å²) in [6.45, 7) is 8.85. The van der Waals surface area contributed by atoms with Crippen molar-refractivity contribution in [3.05, 3.63) is 0 Å². The van der Waals surface area contributed by atoms with Gasteiger partial charge in [0, 0.05) is 32.7 Å². The zero-order chi connectivity index (χ0) is 10.0. The Kier molecular flexibility index (Phi) is 3.13. The van der Waals surface area contributed by atoms with E-state index in [0.717, 1.165) is 5.41 Å². The van der Waals surface area contributed by atoms with Crippen molar-refractivity contribution < 1.29 is 0 Å². The van der Waals surface area contributed by atoms with Gasteiger partial charge in [-0.1, -0.05) is 13.3 Å². The fraction of sp³-hybridized carbons (Fsp3) is 1.00. The standard InChI is InChI=1S/C12H24N2/c1-3-12(5-4-6-12)11-14-9-7-13(2)8-10-14/h3-11H2,1-2H3. The first-order chi connectivity index (χ1) is 6.74. The minimum absolute atomic E-state index is 0.718. The molecular weight excluding hydrogens is 172 g/mol.